The van der Waals surface area contributed by atoms with Gasteiger partial charge in [0.1, 0.15) is 0 Å². The lowest BCUT2D eigenvalue weighted by atomic mass is 9.64. The molecule has 0 aromatic heterocycles. The van der Waals surface area contributed by atoms with Gasteiger partial charge in [-0.1, -0.05) is 6.42 Å². The van der Waals surface area contributed by atoms with Crippen LogP contribution >= 0.6 is 23.5 Å². The van der Waals surface area contributed by atoms with Gasteiger partial charge in [0.25, 0.3) is 0 Å². The molecule has 25 heavy (non-hydrogen) atoms. The maximum atomic E-state index is 2.51. The maximum absolute atomic E-state index is 2.51. The Morgan fingerprint density at radius 1 is 0.600 bits per heavy atom. The van der Waals surface area contributed by atoms with Crippen LogP contribution in [0.1, 0.15) is 57.8 Å². The average Bonchev–Trinajstić information content (AvgIpc) is 3.41. The Labute approximate surface area is 162 Å². The minimum Gasteiger partial charge on any atom is -0.162 e. The van der Waals surface area contributed by atoms with E-state index in [1.54, 1.807) is 57.8 Å². The molecule has 0 radical (unpaired) electrons. The molecule has 2 heteroatoms. The molecule has 0 aliphatic heterocycles. The molecule has 138 valence electrons. The zero-order valence-corrected chi connectivity index (χ0v) is 17.3. The molecule has 7 aliphatic carbocycles. The van der Waals surface area contributed by atoms with E-state index in [2.05, 4.69) is 29.8 Å². The third-order valence-corrected chi connectivity index (χ3v) is 13.5. The summed E-state index contributed by atoms with van der Waals surface area (Å²) in [4.78, 5) is 0. The van der Waals surface area contributed by atoms with Crippen LogP contribution in [0.25, 0.3) is 0 Å². The van der Waals surface area contributed by atoms with E-state index >= 15 is 0 Å². The van der Waals surface area contributed by atoms with Crippen LogP contribution in [0, 0.1) is 59.2 Å². The molecular formula is C23H34S2. The van der Waals surface area contributed by atoms with Gasteiger partial charge in [-0.15, -0.1) is 0 Å². The largest absolute Gasteiger partial charge is 0.162 e. The van der Waals surface area contributed by atoms with E-state index in [0.29, 0.717) is 0 Å². The van der Waals surface area contributed by atoms with E-state index in [9.17, 15) is 0 Å². The number of fused-ring (bicyclic) bond motifs is 14. The summed E-state index contributed by atoms with van der Waals surface area (Å²) in [5.74, 6) is 11.7. The first-order valence-electron chi connectivity index (χ1n) is 11.5. The normalized spacial score (nSPS) is 65.9. The van der Waals surface area contributed by atoms with Crippen LogP contribution in [0.15, 0.2) is 0 Å². The molecule has 0 heterocycles. The molecule has 0 spiro atoms. The predicted octanol–water partition coefficient (Wildman–Crippen LogP) is 5.96. The Morgan fingerprint density at radius 2 is 1.44 bits per heavy atom. The topological polar surface area (TPSA) is 0 Å². The summed E-state index contributed by atoms with van der Waals surface area (Å²) >= 11 is 4.73. The van der Waals surface area contributed by atoms with Crippen LogP contribution < -0.4 is 0 Å². The number of hydrogen-bond donors (Lipinski definition) is 0. The average molecular weight is 375 g/mol. The molecule has 0 saturated heterocycles. The Bertz CT molecular complexity index is 574. The van der Waals surface area contributed by atoms with E-state index in [1.807, 2.05) is 0 Å². The summed E-state index contributed by atoms with van der Waals surface area (Å²) in [5, 5.41) is 3.19. The first kappa shape index (κ1) is 15.6. The molecule has 0 amide bonds. The number of thioether (sulfide) groups is 2. The summed E-state index contributed by atoms with van der Waals surface area (Å²) in [6, 6.07) is 0. The van der Waals surface area contributed by atoms with Gasteiger partial charge in [0.05, 0.1) is 0 Å². The van der Waals surface area contributed by atoms with E-state index in [1.165, 1.54) is 35.5 Å². The lowest BCUT2D eigenvalue weighted by Gasteiger charge is -2.43. The van der Waals surface area contributed by atoms with Crippen molar-refractivity contribution in [2.24, 2.45) is 59.2 Å². The second-order valence-corrected chi connectivity index (χ2v) is 13.8. The maximum Gasteiger partial charge on any atom is 0.00808 e. The highest BCUT2D eigenvalue weighted by atomic mass is 32.2. The van der Waals surface area contributed by atoms with E-state index < -0.39 is 0 Å². The first-order valence-corrected chi connectivity index (χ1v) is 13.7. The van der Waals surface area contributed by atoms with E-state index in [4.69, 9.17) is 0 Å². The van der Waals surface area contributed by atoms with Crippen molar-refractivity contribution in [3.8, 4) is 0 Å². The van der Waals surface area contributed by atoms with Crippen LogP contribution in [0.4, 0.5) is 0 Å². The highest BCUT2D eigenvalue weighted by Crippen LogP contribution is 2.74. The Balaban J connectivity index is 1.08. The van der Waals surface area contributed by atoms with Crippen LogP contribution in [-0.4, -0.2) is 22.0 Å². The fraction of sp³-hybridized carbons (Fsp3) is 1.00. The van der Waals surface area contributed by atoms with Crippen molar-refractivity contribution in [2.45, 2.75) is 73.5 Å². The summed E-state index contributed by atoms with van der Waals surface area (Å²) < 4.78 is 0. The van der Waals surface area contributed by atoms with E-state index in [-0.39, 0.29) is 0 Å². The molecule has 6 bridgehead atoms. The summed E-state index contributed by atoms with van der Waals surface area (Å²) in [6.45, 7) is 0. The molecular weight excluding hydrogens is 340 g/mol. The van der Waals surface area contributed by atoms with Crippen LogP contribution in [0.3, 0.4) is 0 Å². The molecule has 7 fully saturated rings. The summed E-state index contributed by atoms with van der Waals surface area (Å²) in [6.07, 6.45) is 16.9. The Hall–Kier alpha value is 0.700. The fourth-order valence-corrected chi connectivity index (χ4v) is 13.3. The molecule has 0 aromatic carbocycles. The van der Waals surface area contributed by atoms with Crippen molar-refractivity contribution in [3.63, 3.8) is 0 Å². The van der Waals surface area contributed by atoms with Crippen LogP contribution in [0.5, 0.6) is 0 Å². The molecule has 13 atom stereocenters. The standard InChI is InChI=1S/C23H34S2/c1-24-21-7-13-6-19(21)23-18-10-17(22(13)23)15-8-14(9-16(15)18)25-20-5-11-2-3-12(20)4-11/h11-23H,2-10H2,1H3. The van der Waals surface area contributed by atoms with Gasteiger partial charge in [-0.3, -0.25) is 0 Å². The van der Waals surface area contributed by atoms with Crippen molar-refractivity contribution in [3.05, 3.63) is 0 Å². The van der Waals surface area contributed by atoms with Crippen LogP contribution in [-0.2, 0) is 0 Å². The van der Waals surface area contributed by atoms with Gasteiger partial charge in [0.15, 0.2) is 0 Å². The lowest BCUT2D eigenvalue weighted by Crippen LogP contribution is -2.39. The highest BCUT2D eigenvalue weighted by Gasteiger charge is 2.68. The minimum absolute atomic E-state index is 1.05. The lowest BCUT2D eigenvalue weighted by molar-refractivity contribution is 0.0741. The second kappa shape index (κ2) is 5.40. The van der Waals surface area contributed by atoms with Crippen molar-refractivity contribution in [1.82, 2.24) is 0 Å². The van der Waals surface area contributed by atoms with Crippen molar-refractivity contribution >= 4 is 23.5 Å². The van der Waals surface area contributed by atoms with Crippen molar-refractivity contribution in [2.75, 3.05) is 6.26 Å². The van der Waals surface area contributed by atoms with Gasteiger partial charge in [0, 0.05) is 15.7 Å². The summed E-state index contributed by atoms with van der Waals surface area (Å²) in [7, 11) is 0. The third kappa shape index (κ3) is 2.00. The smallest absolute Gasteiger partial charge is 0.00808 e. The Kier molecular flexibility index (Phi) is 3.37. The highest BCUT2D eigenvalue weighted by molar-refractivity contribution is 8.00. The monoisotopic (exact) mass is 374 g/mol. The van der Waals surface area contributed by atoms with Gasteiger partial charge in [-0.25, -0.2) is 0 Å². The van der Waals surface area contributed by atoms with Crippen molar-refractivity contribution < 1.29 is 0 Å². The summed E-state index contributed by atoms with van der Waals surface area (Å²) in [5.41, 5.74) is 0. The SMILES string of the molecule is CSC1CC2CC1C1C3CC(C4CC(SC5CC6CCC5C6)CC43)C21. The van der Waals surface area contributed by atoms with Gasteiger partial charge in [-0.2, -0.15) is 23.5 Å². The van der Waals surface area contributed by atoms with Gasteiger partial charge >= 0.3 is 0 Å². The zero-order chi connectivity index (χ0) is 16.3. The molecule has 7 saturated carbocycles. The van der Waals surface area contributed by atoms with Gasteiger partial charge < -0.3 is 0 Å². The van der Waals surface area contributed by atoms with Gasteiger partial charge in [0.2, 0.25) is 0 Å². The van der Waals surface area contributed by atoms with Crippen LogP contribution in [0.2, 0.25) is 0 Å². The second-order valence-electron chi connectivity index (χ2n) is 11.2. The molecule has 13 unspecified atom stereocenters. The Morgan fingerprint density at radius 3 is 2.16 bits per heavy atom. The molecule has 0 aromatic rings. The fourth-order valence-electron chi connectivity index (χ4n) is 10.2. The quantitative estimate of drug-likeness (QED) is 0.559. The van der Waals surface area contributed by atoms with Crippen molar-refractivity contribution in [1.29, 1.82) is 0 Å². The van der Waals surface area contributed by atoms with E-state index in [0.717, 1.165) is 39.4 Å². The first-order chi connectivity index (χ1) is 12.3. The zero-order valence-electron chi connectivity index (χ0n) is 15.7. The minimum atomic E-state index is 1.05. The number of hydrogen-bond acceptors (Lipinski definition) is 2. The molecule has 0 N–H and O–H groups in total. The predicted molar refractivity (Wildman–Crippen MR) is 109 cm³/mol. The molecule has 0 nitrogen and oxygen atoms in total. The molecule has 7 rings (SSSR count). The third-order valence-electron chi connectivity index (χ3n) is 10.7. The van der Waals surface area contributed by atoms with Gasteiger partial charge in [-0.05, 0) is 117 Å². The molecule has 7 aliphatic rings. The number of rotatable bonds is 3.